The van der Waals surface area contributed by atoms with Crippen molar-refractivity contribution < 1.29 is 18.6 Å². The van der Waals surface area contributed by atoms with Crippen LogP contribution in [0.25, 0.3) is 0 Å². The van der Waals surface area contributed by atoms with Crippen molar-refractivity contribution >= 4 is 17.3 Å². The maximum absolute atomic E-state index is 12.2. The summed E-state index contributed by atoms with van der Waals surface area (Å²) in [5, 5.41) is 13.0. The van der Waals surface area contributed by atoms with Crippen LogP contribution in [-0.2, 0) is 0 Å². The summed E-state index contributed by atoms with van der Waals surface area (Å²) >= 11 is 5.92. The average molecular weight is 320 g/mol. The predicted octanol–water partition coefficient (Wildman–Crippen LogP) is 4.30. The first-order valence-corrected chi connectivity index (χ1v) is 7.52. The standard InChI is InChI=1S/C15H20ClF2NO2/c16-12-8-11(4-5-13(12)21-14(17)18)19-9-15(10-20)6-2-1-3-7-15/h4-5,8,14,19-20H,1-3,6-7,9-10H2. The molecule has 0 aliphatic heterocycles. The topological polar surface area (TPSA) is 41.5 Å². The molecule has 0 saturated heterocycles. The Morgan fingerprint density at radius 3 is 2.57 bits per heavy atom. The minimum absolute atomic E-state index is 0.0354. The van der Waals surface area contributed by atoms with Gasteiger partial charge in [0.05, 0.1) is 11.6 Å². The van der Waals surface area contributed by atoms with E-state index in [-0.39, 0.29) is 22.8 Å². The third-order valence-electron chi connectivity index (χ3n) is 4.07. The Morgan fingerprint density at radius 2 is 2.00 bits per heavy atom. The predicted molar refractivity (Wildman–Crippen MR) is 79.2 cm³/mol. The lowest BCUT2D eigenvalue weighted by Gasteiger charge is -2.36. The van der Waals surface area contributed by atoms with E-state index in [2.05, 4.69) is 10.1 Å². The molecule has 2 rings (SSSR count). The highest BCUT2D eigenvalue weighted by atomic mass is 35.5. The maximum atomic E-state index is 12.2. The first-order valence-electron chi connectivity index (χ1n) is 7.14. The smallest absolute Gasteiger partial charge is 0.387 e. The molecule has 1 aromatic carbocycles. The summed E-state index contributed by atoms with van der Waals surface area (Å²) in [5.74, 6) is -0.0354. The van der Waals surface area contributed by atoms with Gasteiger partial charge in [0.1, 0.15) is 5.75 Å². The number of alkyl halides is 2. The summed E-state index contributed by atoms with van der Waals surface area (Å²) in [7, 11) is 0. The molecule has 1 aliphatic rings. The van der Waals surface area contributed by atoms with Gasteiger partial charge in [-0.1, -0.05) is 30.9 Å². The normalized spacial score (nSPS) is 17.8. The van der Waals surface area contributed by atoms with Crippen molar-refractivity contribution in [2.24, 2.45) is 5.41 Å². The van der Waals surface area contributed by atoms with Gasteiger partial charge in [-0.15, -0.1) is 0 Å². The molecule has 2 N–H and O–H groups in total. The zero-order valence-electron chi connectivity index (χ0n) is 11.7. The highest BCUT2D eigenvalue weighted by Gasteiger charge is 2.31. The molecule has 21 heavy (non-hydrogen) atoms. The molecule has 1 aliphatic carbocycles. The SMILES string of the molecule is OCC1(CNc2ccc(OC(F)F)c(Cl)c2)CCCCC1. The zero-order valence-corrected chi connectivity index (χ0v) is 12.5. The van der Waals surface area contributed by atoms with Crippen molar-refractivity contribution in [3.8, 4) is 5.75 Å². The molecule has 0 spiro atoms. The third kappa shape index (κ3) is 4.45. The summed E-state index contributed by atoms with van der Waals surface area (Å²) in [6, 6.07) is 4.63. The summed E-state index contributed by atoms with van der Waals surface area (Å²) in [6.07, 6.45) is 5.47. The fraction of sp³-hybridized carbons (Fsp3) is 0.600. The summed E-state index contributed by atoms with van der Waals surface area (Å²) < 4.78 is 28.6. The summed E-state index contributed by atoms with van der Waals surface area (Å²) in [4.78, 5) is 0. The minimum Gasteiger partial charge on any atom is -0.433 e. The number of ether oxygens (including phenoxy) is 1. The highest BCUT2D eigenvalue weighted by Crippen LogP contribution is 2.36. The molecule has 0 amide bonds. The van der Waals surface area contributed by atoms with E-state index < -0.39 is 6.61 Å². The van der Waals surface area contributed by atoms with Crippen LogP contribution in [0.5, 0.6) is 5.75 Å². The second-order valence-corrected chi connectivity index (χ2v) is 6.00. The van der Waals surface area contributed by atoms with Gasteiger partial charge in [-0.05, 0) is 31.0 Å². The molecule has 1 aromatic rings. The second kappa shape index (κ2) is 7.27. The first-order chi connectivity index (χ1) is 10.0. The largest absolute Gasteiger partial charge is 0.433 e. The molecule has 0 heterocycles. The number of hydrogen-bond acceptors (Lipinski definition) is 3. The van der Waals surface area contributed by atoms with E-state index in [1.165, 1.54) is 12.5 Å². The van der Waals surface area contributed by atoms with Crippen molar-refractivity contribution in [2.45, 2.75) is 38.7 Å². The Morgan fingerprint density at radius 1 is 1.29 bits per heavy atom. The first kappa shape index (κ1) is 16.3. The van der Waals surface area contributed by atoms with E-state index in [1.54, 1.807) is 12.1 Å². The third-order valence-corrected chi connectivity index (χ3v) is 4.36. The molecular formula is C15H20ClF2NO2. The van der Waals surface area contributed by atoms with Gasteiger partial charge in [0.25, 0.3) is 0 Å². The van der Waals surface area contributed by atoms with Crippen LogP contribution in [-0.4, -0.2) is 24.9 Å². The van der Waals surface area contributed by atoms with Crippen molar-refractivity contribution in [1.82, 2.24) is 0 Å². The molecule has 6 heteroatoms. The van der Waals surface area contributed by atoms with E-state index in [1.807, 2.05) is 0 Å². The van der Waals surface area contributed by atoms with Crippen LogP contribution in [0.4, 0.5) is 14.5 Å². The number of halogens is 3. The van der Waals surface area contributed by atoms with Gasteiger partial charge >= 0.3 is 6.61 Å². The van der Waals surface area contributed by atoms with Crippen LogP contribution < -0.4 is 10.1 Å². The molecular weight excluding hydrogens is 300 g/mol. The Bertz CT molecular complexity index is 465. The number of benzene rings is 1. The number of aliphatic hydroxyl groups is 1. The lowest BCUT2D eigenvalue weighted by Crippen LogP contribution is -2.35. The molecule has 0 aromatic heterocycles. The Kier molecular flexibility index (Phi) is 5.65. The number of rotatable bonds is 6. The lowest BCUT2D eigenvalue weighted by molar-refractivity contribution is -0.0497. The van der Waals surface area contributed by atoms with Crippen LogP contribution >= 0.6 is 11.6 Å². The Hall–Kier alpha value is -1.07. The van der Waals surface area contributed by atoms with Gasteiger partial charge in [0.15, 0.2) is 0 Å². The average Bonchev–Trinajstić information content (AvgIpc) is 2.48. The van der Waals surface area contributed by atoms with E-state index in [0.29, 0.717) is 6.54 Å². The molecule has 0 atom stereocenters. The van der Waals surface area contributed by atoms with Gasteiger partial charge in [-0.25, -0.2) is 0 Å². The van der Waals surface area contributed by atoms with Crippen LogP contribution in [0.15, 0.2) is 18.2 Å². The Labute approximate surface area is 128 Å². The van der Waals surface area contributed by atoms with Crippen molar-refractivity contribution in [2.75, 3.05) is 18.5 Å². The monoisotopic (exact) mass is 319 g/mol. The van der Waals surface area contributed by atoms with Gasteiger partial charge < -0.3 is 15.2 Å². The molecule has 3 nitrogen and oxygen atoms in total. The summed E-state index contributed by atoms with van der Waals surface area (Å²) in [6.45, 7) is -2.09. The van der Waals surface area contributed by atoms with E-state index in [0.717, 1.165) is 31.4 Å². The zero-order chi connectivity index (χ0) is 15.3. The van der Waals surface area contributed by atoms with E-state index >= 15 is 0 Å². The second-order valence-electron chi connectivity index (χ2n) is 5.60. The molecule has 1 saturated carbocycles. The number of hydrogen-bond donors (Lipinski definition) is 2. The molecule has 0 bridgehead atoms. The van der Waals surface area contributed by atoms with Gasteiger partial charge in [-0.2, -0.15) is 8.78 Å². The molecule has 118 valence electrons. The quantitative estimate of drug-likeness (QED) is 0.821. The number of nitrogens with one attached hydrogen (secondary N) is 1. The highest BCUT2D eigenvalue weighted by molar-refractivity contribution is 6.32. The maximum Gasteiger partial charge on any atom is 0.387 e. The van der Waals surface area contributed by atoms with Crippen molar-refractivity contribution in [1.29, 1.82) is 0 Å². The molecule has 0 unspecified atom stereocenters. The Balaban J connectivity index is 1.98. The molecule has 1 fully saturated rings. The minimum atomic E-state index is -2.89. The van der Waals surface area contributed by atoms with E-state index in [4.69, 9.17) is 11.6 Å². The van der Waals surface area contributed by atoms with Crippen molar-refractivity contribution in [3.05, 3.63) is 23.2 Å². The fourth-order valence-corrected chi connectivity index (χ4v) is 3.01. The van der Waals surface area contributed by atoms with Crippen molar-refractivity contribution in [3.63, 3.8) is 0 Å². The number of anilines is 1. The fourth-order valence-electron chi connectivity index (χ4n) is 2.78. The van der Waals surface area contributed by atoms with Crippen LogP contribution in [0.1, 0.15) is 32.1 Å². The number of aliphatic hydroxyl groups excluding tert-OH is 1. The molecule has 0 radical (unpaired) electrons. The van der Waals surface area contributed by atoms with Gasteiger partial charge in [0.2, 0.25) is 0 Å². The van der Waals surface area contributed by atoms with Gasteiger partial charge in [0, 0.05) is 17.6 Å². The lowest BCUT2D eigenvalue weighted by atomic mass is 9.74. The van der Waals surface area contributed by atoms with Crippen LogP contribution in [0.3, 0.4) is 0 Å². The summed E-state index contributed by atoms with van der Waals surface area (Å²) in [5.41, 5.74) is 0.642. The van der Waals surface area contributed by atoms with Crippen LogP contribution in [0.2, 0.25) is 5.02 Å². The van der Waals surface area contributed by atoms with E-state index in [9.17, 15) is 13.9 Å². The van der Waals surface area contributed by atoms with Crippen LogP contribution in [0, 0.1) is 5.41 Å². The van der Waals surface area contributed by atoms with Gasteiger partial charge in [-0.3, -0.25) is 0 Å².